The Bertz CT molecular complexity index is 642. The first kappa shape index (κ1) is 12.8. The van der Waals surface area contributed by atoms with E-state index in [1.54, 1.807) is 0 Å². The SMILES string of the molecule is ClCc1nc(-c2ccccc2)nc(-c2ccccc2)n1. The highest BCUT2D eigenvalue weighted by atomic mass is 35.5. The van der Waals surface area contributed by atoms with Crippen LogP contribution in [0.3, 0.4) is 0 Å². The molecule has 0 fully saturated rings. The molecule has 0 radical (unpaired) electrons. The van der Waals surface area contributed by atoms with Gasteiger partial charge in [-0.05, 0) is 0 Å². The van der Waals surface area contributed by atoms with Crippen LogP contribution in [0.4, 0.5) is 0 Å². The first-order valence-corrected chi connectivity index (χ1v) is 6.82. The van der Waals surface area contributed by atoms with Gasteiger partial charge in [0.15, 0.2) is 11.6 Å². The summed E-state index contributed by atoms with van der Waals surface area (Å²) in [4.78, 5) is 13.3. The van der Waals surface area contributed by atoms with E-state index < -0.39 is 0 Å². The van der Waals surface area contributed by atoms with E-state index in [1.165, 1.54) is 0 Å². The van der Waals surface area contributed by atoms with Gasteiger partial charge in [-0.1, -0.05) is 60.7 Å². The Morgan fingerprint density at radius 3 is 1.50 bits per heavy atom. The summed E-state index contributed by atoms with van der Waals surface area (Å²) in [5, 5.41) is 0. The minimum absolute atomic E-state index is 0.266. The minimum atomic E-state index is 0.266. The molecule has 20 heavy (non-hydrogen) atoms. The van der Waals surface area contributed by atoms with E-state index in [2.05, 4.69) is 15.0 Å². The van der Waals surface area contributed by atoms with Crippen molar-refractivity contribution >= 4 is 11.6 Å². The van der Waals surface area contributed by atoms with E-state index in [9.17, 15) is 0 Å². The fraction of sp³-hybridized carbons (Fsp3) is 0.0625. The van der Waals surface area contributed by atoms with Crippen LogP contribution in [0.15, 0.2) is 60.7 Å². The van der Waals surface area contributed by atoms with Crippen molar-refractivity contribution in [2.75, 3.05) is 0 Å². The van der Waals surface area contributed by atoms with Gasteiger partial charge >= 0.3 is 0 Å². The van der Waals surface area contributed by atoms with Crippen LogP contribution in [-0.4, -0.2) is 15.0 Å². The van der Waals surface area contributed by atoms with Gasteiger partial charge in [-0.3, -0.25) is 0 Å². The van der Waals surface area contributed by atoms with Gasteiger partial charge in [0.25, 0.3) is 0 Å². The quantitative estimate of drug-likeness (QED) is 0.683. The first-order chi connectivity index (χ1) is 9.86. The molecule has 0 spiro atoms. The van der Waals surface area contributed by atoms with Crippen LogP contribution < -0.4 is 0 Å². The molecule has 0 amide bonds. The predicted molar refractivity (Wildman–Crippen MR) is 80.3 cm³/mol. The molecule has 3 rings (SSSR count). The van der Waals surface area contributed by atoms with E-state index in [4.69, 9.17) is 11.6 Å². The van der Waals surface area contributed by atoms with Crippen LogP contribution in [0.5, 0.6) is 0 Å². The second kappa shape index (κ2) is 5.80. The van der Waals surface area contributed by atoms with Gasteiger partial charge in [-0.2, -0.15) is 0 Å². The zero-order chi connectivity index (χ0) is 13.8. The Morgan fingerprint density at radius 2 is 1.10 bits per heavy atom. The Balaban J connectivity index is 2.13. The number of benzene rings is 2. The van der Waals surface area contributed by atoms with Gasteiger partial charge < -0.3 is 0 Å². The molecule has 0 atom stereocenters. The first-order valence-electron chi connectivity index (χ1n) is 6.28. The molecule has 0 saturated heterocycles. The fourth-order valence-corrected chi connectivity index (χ4v) is 2.03. The van der Waals surface area contributed by atoms with Crippen molar-refractivity contribution in [2.45, 2.75) is 5.88 Å². The summed E-state index contributed by atoms with van der Waals surface area (Å²) < 4.78 is 0. The van der Waals surface area contributed by atoms with Crippen molar-refractivity contribution in [1.29, 1.82) is 0 Å². The average Bonchev–Trinajstić information content (AvgIpc) is 2.56. The number of alkyl halides is 1. The number of halogens is 1. The zero-order valence-electron chi connectivity index (χ0n) is 10.7. The molecule has 0 N–H and O–H groups in total. The Morgan fingerprint density at radius 1 is 0.650 bits per heavy atom. The molecule has 1 heterocycles. The zero-order valence-corrected chi connectivity index (χ0v) is 11.5. The molecule has 3 nitrogen and oxygen atoms in total. The maximum absolute atomic E-state index is 5.89. The van der Waals surface area contributed by atoms with Crippen molar-refractivity contribution in [3.8, 4) is 22.8 Å². The molecule has 0 unspecified atom stereocenters. The Hall–Kier alpha value is -2.26. The van der Waals surface area contributed by atoms with Crippen molar-refractivity contribution in [3.05, 3.63) is 66.5 Å². The topological polar surface area (TPSA) is 38.7 Å². The summed E-state index contributed by atoms with van der Waals surface area (Å²) >= 11 is 5.89. The molecule has 0 aliphatic carbocycles. The second-order valence-corrected chi connectivity index (χ2v) is 4.53. The molecule has 0 aliphatic rings. The summed E-state index contributed by atoms with van der Waals surface area (Å²) in [7, 11) is 0. The third-order valence-corrected chi connectivity index (χ3v) is 3.10. The van der Waals surface area contributed by atoms with Crippen molar-refractivity contribution in [2.24, 2.45) is 0 Å². The molecule has 0 aliphatic heterocycles. The fourth-order valence-electron chi connectivity index (χ4n) is 1.91. The lowest BCUT2D eigenvalue weighted by Crippen LogP contribution is -2.01. The number of hydrogen-bond acceptors (Lipinski definition) is 3. The van der Waals surface area contributed by atoms with E-state index >= 15 is 0 Å². The molecule has 4 heteroatoms. The van der Waals surface area contributed by atoms with Crippen LogP contribution >= 0.6 is 11.6 Å². The molecular formula is C16H12ClN3. The maximum Gasteiger partial charge on any atom is 0.163 e. The standard InChI is InChI=1S/C16H12ClN3/c17-11-14-18-15(12-7-3-1-4-8-12)20-16(19-14)13-9-5-2-6-10-13/h1-10H,11H2. The van der Waals surface area contributed by atoms with Crippen molar-refractivity contribution in [1.82, 2.24) is 15.0 Å². The molecule has 98 valence electrons. The molecule has 0 bridgehead atoms. The number of nitrogens with zero attached hydrogens (tertiary/aromatic N) is 3. The predicted octanol–water partition coefficient (Wildman–Crippen LogP) is 3.94. The molecule has 3 aromatic rings. The van der Waals surface area contributed by atoms with Gasteiger partial charge in [0.1, 0.15) is 5.82 Å². The third kappa shape index (κ3) is 2.68. The smallest absolute Gasteiger partial charge is 0.163 e. The van der Waals surface area contributed by atoms with Gasteiger partial charge in [0.2, 0.25) is 0 Å². The lowest BCUT2D eigenvalue weighted by Gasteiger charge is -2.06. The van der Waals surface area contributed by atoms with Crippen molar-refractivity contribution < 1.29 is 0 Å². The van der Waals surface area contributed by atoms with Gasteiger partial charge in [0, 0.05) is 11.1 Å². The largest absolute Gasteiger partial charge is 0.212 e. The van der Waals surface area contributed by atoms with E-state index in [-0.39, 0.29) is 5.88 Å². The lowest BCUT2D eigenvalue weighted by atomic mass is 10.2. The second-order valence-electron chi connectivity index (χ2n) is 4.26. The van der Waals surface area contributed by atoms with Crippen LogP contribution in [0.1, 0.15) is 5.82 Å². The Labute approximate surface area is 122 Å². The monoisotopic (exact) mass is 281 g/mol. The van der Waals surface area contributed by atoms with Gasteiger partial charge in [-0.25, -0.2) is 15.0 Å². The summed E-state index contributed by atoms with van der Waals surface area (Å²) in [5.41, 5.74) is 1.91. The molecule has 2 aromatic carbocycles. The lowest BCUT2D eigenvalue weighted by molar-refractivity contribution is 0.976. The van der Waals surface area contributed by atoms with E-state index in [1.807, 2.05) is 60.7 Å². The van der Waals surface area contributed by atoms with E-state index in [0.29, 0.717) is 17.5 Å². The Kier molecular flexibility index (Phi) is 3.70. The summed E-state index contributed by atoms with van der Waals surface area (Å²) in [6.45, 7) is 0. The molecule has 0 saturated carbocycles. The van der Waals surface area contributed by atoms with Crippen LogP contribution in [0, 0.1) is 0 Å². The average molecular weight is 282 g/mol. The number of rotatable bonds is 3. The highest BCUT2D eigenvalue weighted by molar-refractivity contribution is 6.16. The summed E-state index contributed by atoms with van der Waals surface area (Å²) in [6.07, 6.45) is 0. The summed E-state index contributed by atoms with van der Waals surface area (Å²) in [6, 6.07) is 19.7. The van der Waals surface area contributed by atoms with Crippen molar-refractivity contribution in [3.63, 3.8) is 0 Å². The normalized spacial score (nSPS) is 10.4. The minimum Gasteiger partial charge on any atom is -0.212 e. The molecular weight excluding hydrogens is 270 g/mol. The van der Waals surface area contributed by atoms with Gasteiger partial charge in [-0.15, -0.1) is 11.6 Å². The van der Waals surface area contributed by atoms with Crippen LogP contribution in [0.25, 0.3) is 22.8 Å². The van der Waals surface area contributed by atoms with Crippen LogP contribution in [-0.2, 0) is 5.88 Å². The van der Waals surface area contributed by atoms with Crippen LogP contribution in [0.2, 0.25) is 0 Å². The number of aromatic nitrogens is 3. The highest BCUT2D eigenvalue weighted by Crippen LogP contribution is 2.20. The van der Waals surface area contributed by atoms with Gasteiger partial charge in [0.05, 0.1) is 5.88 Å². The maximum atomic E-state index is 5.89. The summed E-state index contributed by atoms with van der Waals surface area (Å²) in [5.74, 6) is 2.15. The third-order valence-electron chi connectivity index (χ3n) is 2.87. The van der Waals surface area contributed by atoms with E-state index in [0.717, 1.165) is 11.1 Å². The molecule has 1 aromatic heterocycles. The number of hydrogen-bond donors (Lipinski definition) is 0. The highest BCUT2D eigenvalue weighted by Gasteiger charge is 2.09.